The fourth-order valence-electron chi connectivity index (χ4n) is 1.99. The zero-order valence-electron chi connectivity index (χ0n) is 10.7. The molecule has 0 aliphatic carbocycles. The molecule has 0 spiro atoms. The minimum atomic E-state index is -3.44. The van der Waals surface area contributed by atoms with Crippen molar-refractivity contribution in [3.8, 4) is 0 Å². The number of anilines is 2. The number of rotatable bonds is 4. The Bertz CT molecular complexity index is 540. The largest absolute Gasteiger partial charge is 0.399 e. The molecule has 6 heteroatoms. The molecule has 0 atom stereocenters. The minimum absolute atomic E-state index is 0.285. The summed E-state index contributed by atoms with van der Waals surface area (Å²) < 4.78 is 28.4. The van der Waals surface area contributed by atoms with Crippen LogP contribution in [0.3, 0.4) is 0 Å². The summed E-state index contributed by atoms with van der Waals surface area (Å²) in [5, 5.41) is 0. The fraction of sp³-hybridized carbons (Fsp3) is 0.500. The quantitative estimate of drug-likeness (QED) is 0.804. The molecular formula is C12H19N3O2S. The third-order valence-electron chi connectivity index (χ3n) is 2.92. The summed E-state index contributed by atoms with van der Waals surface area (Å²) in [5.41, 5.74) is 8.10. The molecule has 0 saturated carbocycles. The van der Waals surface area contributed by atoms with Gasteiger partial charge in [0.15, 0.2) is 0 Å². The predicted molar refractivity (Wildman–Crippen MR) is 73.7 cm³/mol. The molecule has 0 saturated heterocycles. The van der Waals surface area contributed by atoms with Crippen LogP contribution in [-0.4, -0.2) is 21.5 Å². The summed E-state index contributed by atoms with van der Waals surface area (Å²) >= 11 is 0. The van der Waals surface area contributed by atoms with Gasteiger partial charge < -0.3 is 5.73 Å². The molecule has 1 aromatic carbocycles. The highest BCUT2D eigenvalue weighted by molar-refractivity contribution is 7.90. The molecular weight excluding hydrogens is 250 g/mol. The van der Waals surface area contributed by atoms with Crippen LogP contribution in [0.1, 0.15) is 19.4 Å². The van der Waals surface area contributed by atoms with Gasteiger partial charge in [-0.15, -0.1) is 0 Å². The second kappa shape index (κ2) is 4.78. The summed E-state index contributed by atoms with van der Waals surface area (Å²) in [6, 6.07) is 5.34. The molecule has 3 N–H and O–H groups in total. The van der Waals surface area contributed by atoms with Gasteiger partial charge in [0.25, 0.3) is 0 Å². The Hall–Kier alpha value is -1.27. The van der Waals surface area contributed by atoms with Crippen LogP contribution >= 0.6 is 0 Å². The molecule has 100 valence electrons. The standard InChI is InChI=1S/C12H19N3O2S/c1-9(2)8-14-18(16,17)15-6-5-10-7-11(13)3-4-12(10)15/h3-4,7,9,14H,5-6,8,13H2,1-2H3. The summed E-state index contributed by atoms with van der Waals surface area (Å²) in [6.07, 6.45) is 0.711. The number of fused-ring (bicyclic) bond motifs is 1. The summed E-state index contributed by atoms with van der Waals surface area (Å²) in [7, 11) is -3.44. The van der Waals surface area contributed by atoms with E-state index in [4.69, 9.17) is 5.73 Å². The van der Waals surface area contributed by atoms with Crippen LogP contribution in [0.5, 0.6) is 0 Å². The Kier molecular flexibility index (Phi) is 3.49. The van der Waals surface area contributed by atoms with E-state index in [-0.39, 0.29) is 5.92 Å². The lowest BCUT2D eigenvalue weighted by atomic mass is 10.1. The second-order valence-electron chi connectivity index (χ2n) is 4.96. The number of hydrogen-bond donors (Lipinski definition) is 2. The molecule has 0 unspecified atom stereocenters. The first-order valence-electron chi connectivity index (χ1n) is 6.06. The van der Waals surface area contributed by atoms with E-state index in [2.05, 4.69) is 4.72 Å². The Morgan fingerprint density at radius 1 is 1.44 bits per heavy atom. The normalized spacial score (nSPS) is 15.2. The lowest BCUT2D eigenvalue weighted by Gasteiger charge is -2.20. The minimum Gasteiger partial charge on any atom is -0.399 e. The smallest absolute Gasteiger partial charge is 0.301 e. The predicted octanol–water partition coefficient (Wildman–Crippen LogP) is 1.12. The van der Waals surface area contributed by atoms with Crippen molar-refractivity contribution < 1.29 is 8.42 Å². The maximum Gasteiger partial charge on any atom is 0.301 e. The molecule has 0 radical (unpaired) electrons. The lowest BCUT2D eigenvalue weighted by Crippen LogP contribution is -2.41. The van der Waals surface area contributed by atoms with E-state index >= 15 is 0 Å². The van der Waals surface area contributed by atoms with Gasteiger partial charge in [0.05, 0.1) is 5.69 Å². The van der Waals surface area contributed by atoms with Gasteiger partial charge in [-0.2, -0.15) is 13.1 Å². The van der Waals surface area contributed by atoms with Crippen LogP contribution in [0.4, 0.5) is 11.4 Å². The molecule has 0 fully saturated rings. The summed E-state index contributed by atoms with van der Waals surface area (Å²) in [5.74, 6) is 0.285. The SMILES string of the molecule is CC(C)CNS(=O)(=O)N1CCc2cc(N)ccc21. The number of benzene rings is 1. The number of nitrogen functional groups attached to an aromatic ring is 1. The van der Waals surface area contributed by atoms with Gasteiger partial charge in [-0.25, -0.2) is 0 Å². The first kappa shape index (κ1) is 13.2. The molecule has 1 heterocycles. The van der Waals surface area contributed by atoms with E-state index < -0.39 is 10.2 Å². The van der Waals surface area contributed by atoms with Gasteiger partial charge in [0.2, 0.25) is 0 Å². The molecule has 0 bridgehead atoms. The van der Waals surface area contributed by atoms with E-state index in [0.29, 0.717) is 25.2 Å². The molecule has 1 aromatic rings. The van der Waals surface area contributed by atoms with Crippen molar-refractivity contribution in [2.75, 3.05) is 23.1 Å². The number of nitrogens with two attached hydrogens (primary N) is 1. The molecule has 0 amide bonds. The van der Waals surface area contributed by atoms with Crippen molar-refractivity contribution in [1.29, 1.82) is 0 Å². The Labute approximate surface area is 108 Å². The van der Waals surface area contributed by atoms with Crippen molar-refractivity contribution in [2.24, 2.45) is 5.92 Å². The highest BCUT2D eigenvalue weighted by Gasteiger charge is 2.29. The van der Waals surface area contributed by atoms with Gasteiger partial charge in [-0.1, -0.05) is 13.8 Å². The zero-order valence-corrected chi connectivity index (χ0v) is 11.5. The first-order chi connectivity index (χ1) is 8.40. The first-order valence-corrected chi connectivity index (χ1v) is 7.50. The Morgan fingerprint density at radius 2 is 2.17 bits per heavy atom. The van der Waals surface area contributed by atoms with Crippen molar-refractivity contribution in [1.82, 2.24) is 4.72 Å². The van der Waals surface area contributed by atoms with E-state index in [1.165, 1.54) is 4.31 Å². The maximum atomic E-state index is 12.2. The van der Waals surface area contributed by atoms with E-state index in [1.54, 1.807) is 12.1 Å². The molecule has 18 heavy (non-hydrogen) atoms. The van der Waals surface area contributed by atoms with Gasteiger partial charge in [-0.05, 0) is 36.1 Å². The number of nitrogens with one attached hydrogen (secondary N) is 1. The molecule has 5 nitrogen and oxygen atoms in total. The van der Waals surface area contributed by atoms with Crippen LogP contribution in [0.15, 0.2) is 18.2 Å². The fourth-order valence-corrected chi connectivity index (χ4v) is 3.46. The van der Waals surface area contributed by atoms with Gasteiger partial charge in [0.1, 0.15) is 0 Å². The topological polar surface area (TPSA) is 75.4 Å². The third-order valence-corrected chi connectivity index (χ3v) is 4.41. The number of hydrogen-bond acceptors (Lipinski definition) is 3. The molecule has 1 aliphatic heterocycles. The van der Waals surface area contributed by atoms with Crippen molar-refractivity contribution in [2.45, 2.75) is 20.3 Å². The maximum absolute atomic E-state index is 12.2. The Morgan fingerprint density at radius 3 is 2.83 bits per heavy atom. The van der Waals surface area contributed by atoms with E-state index in [9.17, 15) is 8.42 Å². The molecule has 0 aromatic heterocycles. The highest BCUT2D eigenvalue weighted by atomic mass is 32.2. The molecule has 1 aliphatic rings. The van der Waals surface area contributed by atoms with Crippen LogP contribution in [0, 0.1) is 5.92 Å². The van der Waals surface area contributed by atoms with Crippen LogP contribution in [-0.2, 0) is 16.6 Å². The molecule has 2 rings (SSSR count). The van der Waals surface area contributed by atoms with Crippen LogP contribution < -0.4 is 14.8 Å². The third kappa shape index (κ3) is 2.59. The summed E-state index contributed by atoms with van der Waals surface area (Å²) in [4.78, 5) is 0. The van der Waals surface area contributed by atoms with Crippen LogP contribution in [0.2, 0.25) is 0 Å². The average molecular weight is 269 g/mol. The monoisotopic (exact) mass is 269 g/mol. The van der Waals surface area contributed by atoms with E-state index in [0.717, 1.165) is 11.3 Å². The van der Waals surface area contributed by atoms with Crippen molar-refractivity contribution in [3.05, 3.63) is 23.8 Å². The van der Waals surface area contributed by atoms with Crippen LogP contribution in [0.25, 0.3) is 0 Å². The van der Waals surface area contributed by atoms with Crippen molar-refractivity contribution >= 4 is 21.6 Å². The van der Waals surface area contributed by atoms with Gasteiger partial charge in [-0.3, -0.25) is 4.31 Å². The van der Waals surface area contributed by atoms with Gasteiger partial charge >= 0.3 is 10.2 Å². The second-order valence-corrected chi connectivity index (χ2v) is 6.64. The Balaban J connectivity index is 2.22. The van der Waals surface area contributed by atoms with Gasteiger partial charge in [0, 0.05) is 18.8 Å². The van der Waals surface area contributed by atoms with Crippen molar-refractivity contribution in [3.63, 3.8) is 0 Å². The number of nitrogens with zero attached hydrogens (tertiary/aromatic N) is 1. The average Bonchev–Trinajstić information content (AvgIpc) is 2.70. The lowest BCUT2D eigenvalue weighted by molar-refractivity contribution is 0.557. The van der Waals surface area contributed by atoms with E-state index in [1.807, 2.05) is 19.9 Å². The summed E-state index contributed by atoms with van der Waals surface area (Å²) in [6.45, 7) is 4.87. The zero-order chi connectivity index (χ0) is 13.3. The highest BCUT2D eigenvalue weighted by Crippen LogP contribution is 2.31.